The van der Waals surface area contributed by atoms with Crippen LogP contribution >= 0.6 is 0 Å². The van der Waals surface area contributed by atoms with E-state index in [-0.39, 0.29) is 35.0 Å². The van der Waals surface area contributed by atoms with Gasteiger partial charge in [-0.05, 0) is 86.9 Å². The predicted molar refractivity (Wildman–Crippen MR) is 89.3 cm³/mol. The maximum absolute atomic E-state index is 13.4. The van der Waals surface area contributed by atoms with E-state index in [0.717, 1.165) is 25.7 Å². The van der Waals surface area contributed by atoms with Crippen molar-refractivity contribution in [2.75, 3.05) is 0 Å². The first-order valence-corrected chi connectivity index (χ1v) is 10.9. The highest BCUT2D eigenvalue weighted by Gasteiger charge is 2.88. The molecule has 4 heteroatoms. The quantitative estimate of drug-likeness (QED) is 0.628. The van der Waals surface area contributed by atoms with Gasteiger partial charge in [-0.2, -0.15) is 0 Å². The molecule has 8 aliphatic rings. The third kappa shape index (κ3) is 1.00. The molecule has 26 heavy (non-hydrogen) atoms. The van der Waals surface area contributed by atoms with E-state index < -0.39 is 0 Å². The van der Waals surface area contributed by atoms with Crippen LogP contribution in [0.5, 0.6) is 0 Å². The number of carbonyl (C=O) groups is 2. The number of rotatable bonds is 0. The molecule has 8 rings (SSSR count). The van der Waals surface area contributed by atoms with Gasteiger partial charge in [-0.3, -0.25) is 9.59 Å². The fraction of sp³-hybridized carbons (Fsp3) is 0.909. The largest absolute Gasteiger partial charge is 0.462 e. The van der Waals surface area contributed by atoms with Crippen molar-refractivity contribution >= 4 is 11.9 Å². The van der Waals surface area contributed by atoms with Crippen molar-refractivity contribution in [3.8, 4) is 0 Å². The molecule has 14 atom stereocenters. The zero-order valence-electron chi connectivity index (χ0n) is 15.4. The van der Waals surface area contributed by atoms with Crippen LogP contribution in [0, 0.1) is 70.0 Å². The van der Waals surface area contributed by atoms with E-state index in [0.29, 0.717) is 59.2 Å². The van der Waals surface area contributed by atoms with Crippen LogP contribution in [0.25, 0.3) is 0 Å². The van der Waals surface area contributed by atoms with E-state index in [1.807, 2.05) is 0 Å². The second kappa shape index (κ2) is 3.63. The first kappa shape index (κ1) is 14.0. The van der Waals surface area contributed by atoms with Crippen molar-refractivity contribution in [1.82, 2.24) is 0 Å². The van der Waals surface area contributed by atoms with Gasteiger partial charge in [0.1, 0.15) is 12.2 Å². The average molecular weight is 354 g/mol. The third-order valence-corrected chi connectivity index (χ3v) is 11.4. The first-order valence-electron chi connectivity index (χ1n) is 10.9. The molecule has 0 N–H and O–H groups in total. The lowest BCUT2D eigenvalue weighted by Gasteiger charge is -2.47. The molecule has 0 aromatic heterocycles. The Morgan fingerprint density at radius 2 is 1.08 bits per heavy atom. The third-order valence-electron chi connectivity index (χ3n) is 11.4. The Morgan fingerprint density at radius 1 is 0.654 bits per heavy atom. The molecule has 8 fully saturated rings. The SMILES string of the molecule is C[C@@]12C(=O)O[C@@H]3CC[C@@H]4[C@@H]3[C@@H]1[C@@H]1[C@H]3[C@@H]5[C@@H]6[C@@H](CC[C@@H]6OC(=O)[C@@]5(C)[C@@H]41)[C@@H]32. The van der Waals surface area contributed by atoms with E-state index in [4.69, 9.17) is 9.47 Å². The molecule has 6 saturated carbocycles. The Hall–Kier alpha value is -1.06. The molecular formula is C22H26O4. The lowest BCUT2D eigenvalue weighted by molar-refractivity contribution is -0.189. The first-order chi connectivity index (χ1) is 12.5. The maximum Gasteiger partial charge on any atom is 0.312 e. The van der Waals surface area contributed by atoms with E-state index in [1.54, 1.807) is 0 Å². The summed E-state index contributed by atoms with van der Waals surface area (Å²) in [6, 6.07) is 0. The molecule has 0 bridgehead atoms. The number of hydrogen-bond donors (Lipinski definition) is 0. The van der Waals surface area contributed by atoms with Crippen molar-refractivity contribution in [1.29, 1.82) is 0 Å². The Balaban J connectivity index is 1.45. The van der Waals surface area contributed by atoms with Crippen LogP contribution in [0.1, 0.15) is 39.5 Å². The molecule has 2 saturated heterocycles. The Kier molecular flexibility index (Phi) is 1.95. The van der Waals surface area contributed by atoms with Crippen LogP contribution in [0.4, 0.5) is 0 Å². The summed E-state index contributed by atoms with van der Waals surface area (Å²) in [6.45, 7) is 4.53. The molecule has 0 aromatic rings. The average Bonchev–Trinajstić information content (AvgIpc) is 3.34. The molecule has 6 aliphatic carbocycles. The van der Waals surface area contributed by atoms with Crippen LogP contribution < -0.4 is 0 Å². The van der Waals surface area contributed by atoms with Gasteiger partial charge in [0.05, 0.1) is 10.8 Å². The number of ether oxygens (including phenoxy) is 2. The zero-order valence-corrected chi connectivity index (χ0v) is 15.4. The fourth-order valence-electron chi connectivity index (χ4n) is 11.4. The van der Waals surface area contributed by atoms with Gasteiger partial charge in [0.25, 0.3) is 0 Å². The molecule has 0 unspecified atom stereocenters. The highest BCUT2D eigenvalue weighted by Crippen LogP contribution is 2.86. The Morgan fingerprint density at radius 3 is 1.50 bits per heavy atom. The van der Waals surface area contributed by atoms with Crippen molar-refractivity contribution in [2.24, 2.45) is 70.0 Å². The van der Waals surface area contributed by atoms with Gasteiger partial charge in [-0.25, -0.2) is 0 Å². The van der Waals surface area contributed by atoms with Crippen LogP contribution in [-0.2, 0) is 19.1 Å². The number of carbonyl (C=O) groups excluding carboxylic acids is 2. The van der Waals surface area contributed by atoms with Gasteiger partial charge in [-0.1, -0.05) is 0 Å². The van der Waals surface area contributed by atoms with Crippen molar-refractivity contribution in [2.45, 2.75) is 51.7 Å². The number of esters is 2. The van der Waals surface area contributed by atoms with Gasteiger partial charge >= 0.3 is 11.9 Å². The van der Waals surface area contributed by atoms with Crippen LogP contribution in [0.15, 0.2) is 0 Å². The normalized spacial score (nSPS) is 72.7. The number of hydrogen-bond acceptors (Lipinski definition) is 4. The molecule has 2 heterocycles. The highest BCUT2D eigenvalue weighted by molar-refractivity contribution is 5.83. The van der Waals surface area contributed by atoms with Gasteiger partial charge in [0.2, 0.25) is 0 Å². The minimum absolute atomic E-state index is 0.112. The number of fused-ring (bicyclic) bond motifs is 4. The summed E-state index contributed by atoms with van der Waals surface area (Å²) in [5.74, 6) is 5.35. The van der Waals surface area contributed by atoms with Gasteiger partial charge in [0, 0.05) is 11.8 Å². The Labute approximate surface area is 153 Å². The molecule has 4 nitrogen and oxygen atoms in total. The van der Waals surface area contributed by atoms with E-state index in [9.17, 15) is 9.59 Å². The monoisotopic (exact) mass is 354 g/mol. The summed E-state index contributed by atoms with van der Waals surface area (Å²) >= 11 is 0. The summed E-state index contributed by atoms with van der Waals surface area (Å²) in [5.41, 5.74) is -0.593. The van der Waals surface area contributed by atoms with Gasteiger partial charge < -0.3 is 9.47 Å². The highest BCUT2D eigenvalue weighted by atomic mass is 16.6. The van der Waals surface area contributed by atoms with E-state index in [2.05, 4.69) is 13.8 Å². The zero-order chi connectivity index (χ0) is 17.3. The minimum Gasteiger partial charge on any atom is -0.462 e. The molecule has 0 spiro atoms. The molecule has 2 aliphatic heterocycles. The predicted octanol–water partition coefficient (Wildman–Crippen LogP) is 2.65. The van der Waals surface area contributed by atoms with Crippen LogP contribution in [0.3, 0.4) is 0 Å². The molecule has 0 amide bonds. The second-order valence-electron chi connectivity index (χ2n) is 11.3. The molecule has 0 aromatic carbocycles. The summed E-state index contributed by atoms with van der Waals surface area (Å²) < 4.78 is 12.3. The van der Waals surface area contributed by atoms with Crippen molar-refractivity contribution in [3.05, 3.63) is 0 Å². The molecule has 138 valence electrons. The van der Waals surface area contributed by atoms with Crippen LogP contribution in [0.2, 0.25) is 0 Å². The molecule has 0 radical (unpaired) electrons. The minimum atomic E-state index is -0.297. The standard InChI is InChI=1S/C22H26O4/c1-21-15-7-3-5-10-12(7)18-13(15)14-16(22(18,2)20(24)26-10)8-4-6-9(25-19(21)23)11(8)17(14)21/h7-18H,3-6H2,1-2H3/t7-,8-,9-,10+,11+,12-,13-,14-,15+,16+,17-,18+,21+,22+/m1/s1. The second-order valence-corrected chi connectivity index (χ2v) is 11.3. The summed E-state index contributed by atoms with van der Waals surface area (Å²) in [5, 5.41) is 0. The van der Waals surface area contributed by atoms with Crippen molar-refractivity contribution < 1.29 is 19.1 Å². The maximum atomic E-state index is 13.4. The lowest BCUT2D eigenvalue weighted by atomic mass is 9.61. The molecular weight excluding hydrogens is 328 g/mol. The summed E-state index contributed by atoms with van der Waals surface area (Å²) in [4.78, 5) is 26.7. The van der Waals surface area contributed by atoms with Gasteiger partial charge in [0.15, 0.2) is 0 Å². The van der Waals surface area contributed by atoms with Gasteiger partial charge in [-0.15, -0.1) is 0 Å². The summed E-state index contributed by atoms with van der Waals surface area (Å²) in [6.07, 6.45) is 4.56. The van der Waals surface area contributed by atoms with Crippen molar-refractivity contribution in [3.63, 3.8) is 0 Å². The topological polar surface area (TPSA) is 52.6 Å². The smallest absolute Gasteiger partial charge is 0.312 e. The lowest BCUT2D eigenvalue weighted by Crippen LogP contribution is -2.53. The fourth-order valence-corrected chi connectivity index (χ4v) is 11.4. The van der Waals surface area contributed by atoms with E-state index >= 15 is 0 Å². The summed E-state index contributed by atoms with van der Waals surface area (Å²) in [7, 11) is 0. The Bertz CT molecular complexity index is 740. The van der Waals surface area contributed by atoms with E-state index in [1.165, 1.54) is 0 Å². The van der Waals surface area contributed by atoms with Crippen LogP contribution in [-0.4, -0.2) is 24.1 Å².